The van der Waals surface area contributed by atoms with Gasteiger partial charge in [-0.3, -0.25) is 4.57 Å². The molecule has 0 bridgehead atoms. The van der Waals surface area contributed by atoms with Crippen molar-refractivity contribution in [1.29, 1.82) is 0 Å². The van der Waals surface area contributed by atoms with E-state index in [9.17, 15) is 4.79 Å². The summed E-state index contributed by atoms with van der Waals surface area (Å²) in [5, 5.41) is 0. The standard InChI is InChI=1S/C12H10INO3/c1-2-16-9-4-5-11-10(8-9)14(7-3-6-13)12(15)17-11/h4-5,8H,2,7H2,1H3. The number of oxazole rings is 1. The van der Waals surface area contributed by atoms with Gasteiger partial charge in [0.1, 0.15) is 5.75 Å². The topological polar surface area (TPSA) is 44.4 Å². The predicted molar refractivity (Wildman–Crippen MR) is 73.4 cm³/mol. The number of fused-ring (bicyclic) bond motifs is 1. The molecular weight excluding hydrogens is 333 g/mol. The van der Waals surface area contributed by atoms with E-state index < -0.39 is 5.76 Å². The van der Waals surface area contributed by atoms with Gasteiger partial charge in [0.2, 0.25) is 0 Å². The zero-order chi connectivity index (χ0) is 12.3. The third kappa shape index (κ3) is 2.47. The number of hydrogen-bond acceptors (Lipinski definition) is 3. The van der Waals surface area contributed by atoms with Crippen molar-refractivity contribution in [2.75, 3.05) is 6.61 Å². The second kappa shape index (κ2) is 5.27. The summed E-state index contributed by atoms with van der Waals surface area (Å²) in [6.07, 6.45) is 0. The Hall–Kier alpha value is -1.42. The Morgan fingerprint density at radius 1 is 1.53 bits per heavy atom. The highest BCUT2D eigenvalue weighted by Crippen LogP contribution is 2.20. The van der Waals surface area contributed by atoms with Crippen LogP contribution in [0.3, 0.4) is 0 Å². The molecule has 0 atom stereocenters. The molecule has 17 heavy (non-hydrogen) atoms. The molecule has 2 aromatic rings. The molecule has 0 radical (unpaired) electrons. The summed E-state index contributed by atoms with van der Waals surface area (Å²) in [5.74, 6) is 3.16. The third-order valence-electron chi connectivity index (χ3n) is 2.25. The van der Waals surface area contributed by atoms with Crippen molar-refractivity contribution >= 4 is 33.7 Å². The SMILES string of the molecule is CCOc1ccc2oc(=O)n(CC#CI)c2c1. The lowest BCUT2D eigenvalue weighted by molar-refractivity contribution is 0.340. The third-order valence-corrected chi connectivity index (χ3v) is 2.64. The summed E-state index contributed by atoms with van der Waals surface area (Å²) in [6.45, 7) is 2.82. The fourth-order valence-corrected chi connectivity index (χ4v) is 1.73. The van der Waals surface area contributed by atoms with Crippen LogP contribution in [0.15, 0.2) is 27.4 Å². The highest BCUT2D eigenvalue weighted by Gasteiger charge is 2.09. The molecule has 0 fully saturated rings. The van der Waals surface area contributed by atoms with Crippen LogP contribution in [0, 0.1) is 9.85 Å². The molecule has 2 rings (SSSR count). The number of ether oxygens (including phenoxy) is 1. The minimum atomic E-state index is -0.396. The van der Waals surface area contributed by atoms with Crippen molar-refractivity contribution in [2.45, 2.75) is 13.5 Å². The quantitative estimate of drug-likeness (QED) is 0.635. The molecule has 0 saturated carbocycles. The van der Waals surface area contributed by atoms with E-state index in [2.05, 4.69) is 9.85 Å². The largest absolute Gasteiger partial charge is 0.494 e. The van der Waals surface area contributed by atoms with Crippen LogP contribution < -0.4 is 10.5 Å². The first-order chi connectivity index (χ1) is 8.26. The van der Waals surface area contributed by atoms with Crippen LogP contribution in [-0.4, -0.2) is 11.2 Å². The monoisotopic (exact) mass is 343 g/mol. The molecule has 1 aromatic heterocycles. The van der Waals surface area contributed by atoms with Crippen molar-refractivity contribution in [2.24, 2.45) is 0 Å². The maximum Gasteiger partial charge on any atom is 0.420 e. The van der Waals surface area contributed by atoms with Gasteiger partial charge < -0.3 is 9.15 Å². The van der Waals surface area contributed by atoms with E-state index in [1.165, 1.54) is 4.57 Å². The van der Waals surface area contributed by atoms with E-state index in [1.54, 1.807) is 18.2 Å². The molecule has 1 heterocycles. The molecule has 0 unspecified atom stereocenters. The molecule has 88 valence electrons. The number of rotatable bonds is 3. The Labute approximate surface area is 112 Å². The molecule has 1 aromatic carbocycles. The molecule has 0 aliphatic heterocycles. The predicted octanol–water partition coefficient (Wildman–Crippen LogP) is 2.39. The lowest BCUT2D eigenvalue weighted by Gasteiger charge is -2.02. The van der Waals surface area contributed by atoms with Crippen molar-refractivity contribution in [3.63, 3.8) is 0 Å². The summed E-state index contributed by atoms with van der Waals surface area (Å²) in [6, 6.07) is 5.30. The summed E-state index contributed by atoms with van der Waals surface area (Å²) >= 11 is 1.94. The van der Waals surface area contributed by atoms with Crippen LogP contribution >= 0.6 is 22.6 Å². The Morgan fingerprint density at radius 2 is 2.35 bits per heavy atom. The zero-order valence-electron chi connectivity index (χ0n) is 9.20. The first kappa shape index (κ1) is 12.0. The minimum absolute atomic E-state index is 0.324. The van der Waals surface area contributed by atoms with Gasteiger partial charge in [-0.25, -0.2) is 4.79 Å². The smallest absolute Gasteiger partial charge is 0.420 e. The van der Waals surface area contributed by atoms with E-state index in [-0.39, 0.29) is 0 Å². The average molecular weight is 343 g/mol. The van der Waals surface area contributed by atoms with Gasteiger partial charge in [-0.2, -0.15) is 0 Å². The van der Waals surface area contributed by atoms with Crippen molar-refractivity contribution in [3.05, 3.63) is 28.7 Å². The maximum atomic E-state index is 11.6. The van der Waals surface area contributed by atoms with Crippen LogP contribution in [-0.2, 0) is 6.54 Å². The fraction of sp³-hybridized carbons (Fsp3) is 0.250. The molecule has 0 amide bonds. The lowest BCUT2D eigenvalue weighted by Crippen LogP contribution is -2.13. The number of aromatic nitrogens is 1. The normalized spacial score (nSPS) is 10.0. The van der Waals surface area contributed by atoms with Gasteiger partial charge in [-0.15, -0.1) is 0 Å². The van der Waals surface area contributed by atoms with Crippen LogP contribution in [0.1, 0.15) is 6.92 Å². The molecule has 4 nitrogen and oxygen atoms in total. The molecule has 5 heteroatoms. The van der Waals surface area contributed by atoms with E-state index in [0.717, 1.165) is 5.75 Å². The second-order valence-corrected chi connectivity index (χ2v) is 3.83. The van der Waals surface area contributed by atoms with Gasteiger partial charge in [0.05, 0.1) is 18.7 Å². The molecule has 0 saturated heterocycles. The molecule has 0 spiro atoms. The van der Waals surface area contributed by atoms with E-state index in [0.29, 0.717) is 24.3 Å². The van der Waals surface area contributed by atoms with Crippen molar-refractivity contribution in [3.8, 4) is 15.6 Å². The van der Waals surface area contributed by atoms with Gasteiger partial charge in [0.25, 0.3) is 0 Å². The van der Waals surface area contributed by atoms with Crippen LogP contribution in [0.4, 0.5) is 0 Å². The summed E-state index contributed by atoms with van der Waals surface area (Å²) < 4.78 is 14.7. The maximum absolute atomic E-state index is 11.6. The number of hydrogen-bond donors (Lipinski definition) is 0. The van der Waals surface area contributed by atoms with Crippen LogP contribution in [0.25, 0.3) is 11.1 Å². The van der Waals surface area contributed by atoms with E-state index in [4.69, 9.17) is 9.15 Å². The van der Waals surface area contributed by atoms with Crippen LogP contribution in [0.5, 0.6) is 5.75 Å². The zero-order valence-corrected chi connectivity index (χ0v) is 11.4. The highest BCUT2D eigenvalue weighted by atomic mass is 127. The first-order valence-electron chi connectivity index (χ1n) is 5.11. The average Bonchev–Trinajstić information content (AvgIpc) is 2.63. The van der Waals surface area contributed by atoms with Gasteiger partial charge in [0.15, 0.2) is 5.58 Å². The summed E-state index contributed by atoms with van der Waals surface area (Å²) in [5.41, 5.74) is 1.26. The number of benzene rings is 1. The van der Waals surface area contributed by atoms with Gasteiger partial charge in [0, 0.05) is 28.7 Å². The van der Waals surface area contributed by atoms with Gasteiger partial charge in [-0.05, 0) is 23.0 Å². The molecule has 0 N–H and O–H groups in total. The Morgan fingerprint density at radius 3 is 3.06 bits per heavy atom. The first-order valence-corrected chi connectivity index (χ1v) is 6.19. The van der Waals surface area contributed by atoms with Crippen molar-refractivity contribution in [1.82, 2.24) is 4.57 Å². The number of halogens is 1. The lowest BCUT2D eigenvalue weighted by atomic mass is 10.3. The Bertz CT molecular complexity index is 645. The van der Waals surface area contributed by atoms with E-state index in [1.807, 2.05) is 29.5 Å². The molecule has 0 aliphatic rings. The summed E-state index contributed by atoms with van der Waals surface area (Å²) in [4.78, 5) is 11.6. The van der Waals surface area contributed by atoms with Gasteiger partial charge >= 0.3 is 5.76 Å². The molecule has 0 aliphatic carbocycles. The Balaban J connectivity index is 2.55. The minimum Gasteiger partial charge on any atom is -0.494 e. The summed E-state index contributed by atoms with van der Waals surface area (Å²) in [7, 11) is 0. The van der Waals surface area contributed by atoms with E-state index >= 15 is 0 Å². The Kier molecular flexibility index (Phi) is 3.74. The second-order valence-electron chi connectivity index (χ2n) is 3.29. The van der Waals surface area contributed by atoms with Gasteiger partial charge in [-0.1, -0.05) is 5.92 Å². The molecular formula is C12H10INO3. The highest BCUT2D eigenvalue weighted by molar-refractivity contribution is 14.1. The number of nitrogens with zero attached hydrogens (tertiary/aromatic N) is 1. The van der Waals surface area contributed by atoms with Crippen LogP contribution in [0.2, 0.25) is 0 Å². The fourth-order valence-electron chi connectivity index (χ4n) is 1.56. The van der Waals surface area contributed by atoms with Crippen molar-refractivity contribution < 1.29 is 9.15 Å².